The number of aliphatic hydroxyl groups is 2. The monoisotopic (exact) mass is 425 g/mol. The van der Waals surface area contributed by atoms with Crippen LogP contribution in [0.5, 0.6) is 5.75 Å². The van der Waals surface area contributed by atoms with Crippen LogP contribution in [0, 0.1) is 20.8 Å². The van der Waals surface area contributed by atoms with Gasteiger partial charge in [0.1, 0.15) is 11.9 Å². The molecule has 3 aromatic rings. The second kappa shape index (κ2) is 10.0. The third-order valence-corrected chi connectivity index (χ3v) is 5.21. The van der Waals surface area contributed by atoms with Crippen LogP contribution < -0.4 is 4.74 Å². The lowest BCUT2D eigenvalue weighted by atomic mass is 10.0. The summed E-state index contributed by atoms with van der Waals surface area (Å²) in [7, 11) is 2.09. The summed E-state index contributed by atoms with van der Waals surface area (Å²) in [6, 6.07) is 10.1. The fraction of sp³-hybridized carbons (Fsp3) is 0.417. The zero-order valence-corrected chi connectivity index (χ0v) is 18.8. The Hall–Kier alpha value is -2.74. The minimum atomic E-state index is -0.651. The number of rotatable bonds is 9. The van der Waals surface area contributed by atoms with E-state index in [9.17, 15) is 10.2 Å². The van der Waals surface area contributed by atoms with Gasteiger partial charge in [0.25, 0.3) is 5.89 Å². The molecule has 31 heavy (non-hydrogen) atoms. The largest absolute Gasteiger partial charge is 0.485 e. The van der Waals surface area contributed by atoms with Gasteiger partial charge in [-0.1, -0.05) is 23.7 Å². The first-order chi connectivity index (χ1) is 14.8. The maximum atomic E-state index is 9.29. The van der Waals surface area contributed by atoms with Crippen LogP contribution in [0.4, 0.5) is 0 Å². The predicted molar refractivity (Wildman–Crippen MR) is 120 cm³/mol. The van der Waals surface area contributed by atoms with E-state index < -0.39 is 6.10 Å². The number of aliphatic hydroxyl groups excluding tert-OH is 2. The molecule has 0 unspecified atom stereocenters. The maximum Gasteiger partial charge on any atom is 0.258 e. The van der Waals surface area contributed by atoms with Gasteiger partial charge >= 0.3 is 0 Å². The molecule has 1 aromatic heterocycles. The standard InChI is InChI=1S/C24H31N3O4/c1-6-27(5)12-18-7-15(2)8-20(11-18)24-25-23(26-31-24)19-9-16(3)22(17(4)10-19)30-21(13-28)14-29/h7-11,21,28-29H,6,12-14H2,1-5H3. The van der Waals surface area contributed by atoms with E-state index in [0.717, 1.165) is 40.9 Å². The average Bonchev–Trinajstić information content (AvgIpc) is 3.23. The first kappa shape index (κ1) is 22.9. The van der Waals surface area contributed by atoms with Crippen LogP contribution in [-0.4, -0.2) is 58.2 Å². The number of hydrogen-bond donors (Lipinski definition) is 2. The summed E-state index contributed by atoms with van der Waals surface area (Å²) in [5.41, 5.74) is 5.81. The van der Waals surface area contributed by atoms with Crippen molar-refractivity contribution in [2.75, 3.05) is 26.8 Å². The van der Waals surface area contributed by atoms with Gasteiger partial charge in [-0.15, -0.1) is 0 Å². The number of aryl methyl sites for hydroxylation is 3. The van der Waals surface area contributed by atoms with Crippen molar-refractivity contribution in [2.24, 2.45) is 0 Å². The molecule has 7 heteroatoms. The predicted octanol–water partition coefficient (Wildman–Crippen LogP) is 3.51. The summed E-state index contributed by atoms with van der Waals surface area (Å²) in [6.45, 7) is 9.35. The molecule has 0 bridgehead atoms. The van der Waals surface area contributed by atoms with E-state index in [1.54, 1.807) is 0 Å². The second-order valence-electron chi connectivity index (χ2n) is 8.01. The highest BCUT2D eigenvalue weighted by molar-refractivity contribution is 5.64. The molecule has 0 atom stereocenters. The number of nitrogens with zero attached hydrogens (tertiary/aromatic N) is 3. The second-order valence-corrected chi connectivity index (χ2v) is 8.01. The summed E-state index contributed by atoms with van der Waals surface area (Å²) in [4.78, 5) is 6.87. The van der Waals surface area contributed by atoms with Gasteiger partial charge in [0.15, 0.2) is 0 Å². The molecular formula is C24H31N3O4. The van der Waals surface area contributed by atoms with Crippen LogP contribution in [0.3, 0.4) is 0 Å². The maximum absolute atomic E-state index is 9.29. The minimum absolute atomic E-state index is 0.252. The minimum Gasteiger partial charge on any atom is -0.485 e. The Morgan fingerprint density at radius 1 is 1.00 bits per heavy atom. The zero-order chi connectivity index (χ0) is 22.5. The Balaban J connectivity index is 1.89. The topological polar surface area (TPSA) is 91.9 Å². The fourth-order valence-electron chi connectivity index (χ4n) is 3.52. The SMILES string of the molecule is CCN(C)Cc1cc(C)cc(-c2nc(-c3cc(C)c(OC(CO)CO)c(C)c3)no2)c1. The molecular weight excluding hydrogens is 394 g/mol. The fourth-order valence-corrected chi connectivity index (χ4v) is 3.52. The third kappa shape index (κ3) is 5.50. The van der Waals surface area contributed by atoms with Crippen LogP contribution >= 0.6 is 0 Å². The molecule has 0 fully saturated rings. The van der Waals surface area contributed by atoms with Gasteiger partial charge in [0.05, 0.1) is 13.2 Å². The molecule has 166 valence electrons. The molecule has 0 aliphatic carbocycles. The summed E-state index contributed by atoms with van der Waals surface area (Å²) in [5, 5.41) is 22.8. The lowest BCUT2D eigenvalue weighted by Crippen LogP contribution is -2.25. The smallest absolute Gasteiger partial charge is 0.258 e. The van der Waals surface area contributed by atoms with Gasteiger partial charge in [-0.05, 0) is 75.3 Å². The molecule has 3 rings (SSSR count). The van der Waals surface area contributed by atoms with E-state index in [4.69, 9.17) is 9.26 Å². The summed E-state index contributed by atoms with van der Waals surface area (Å²) in [5.74, 6) is 1.63. The summed E-state index contributed by atoms with van der Waals surface area (Å²) < 4.78 is 11.3. The van der Waals surface area contributed by atoms with Crippen molar-refractivity contribution in [1.29, 1.82) is 0 Å². The first-order valence-corrected chi connectivity index (χ1v) is 10.5. The van der Waals surface area contributed by atoms with Crippen molar-refractivity contribution >= 4 is 0 Å². The van der Waals surface area contributed by atoms with Crippen LogP contribution in [0.25, 0.3) is 22.8 Å². The normalized spacial score (nSPS) is 11.5. The summed E-state index contributed by atoms with van der Waals surface area (Å²) >= 11 is 0. The highest BCUT2D eigenvalue weighted by atomic mass is 16.5. The van der Waals surface area contributed by atoms with Crippen molar-refractivity contribution in [2.45, 2.75) is 40.3 Å². The Morgan fingerprint density at radius 2 is 1.68 bits per heavy atom. The molecule has 0 saturated carbocycles. The Morgan fingerprint density at radius 3 is 2.29 bits per heavy atom. The Bertz CT molecular complexity index is 1000. The molecule has 0 saturated heterocycles. The van der Waals surface area contributed by atoms with Gasteiger partial charge in [0, 0.05) is 17.7 Å². The van der Waals surface area contributed by atoms with Crippen LogP contribution in [0.1, 0.15) is 29.2 Å². The third-order valence-electron chi connectivity index (χ3n) is 5.21. The highest BCUT2D eigenvalue weighted by Gasteiger charge is 2.17. The average molecular weight is 426 g/mol. The molecule has 0 aliphatic rings. The van der Waals surface area contributed by atoms with Gasteiger partial charge in [-0.3, -0.25) is 0 Å². The number of aromatic nitrogens is 2. The number of benzene rings is 2. The molecule has 1 heterocycles. The van der Waals surface area contributed by atoms with Gasteiger partial charge < -0.3 is 24.4 Å². The van der Waals surface area contributed by atoms with Gasteiger partial charge in [-0.2, -0.15) is 4.98 Å². The van der Waals surface area contributed by atoms with Crippen LogP contribution in [-0.2, 0) is 6.54 Å². The highest BCUT2D eigenvalue weighted by Crippen LogP contribution is 2.31. The first-order valence-electron chi connectivity index (χ1n) is 10.5. The molecule has 0 aliphatic heterocycles. The molecule has 2 aromatic carbocycles. The quantitative estimate of drug-likeness (QED) is 0.542. The number of ether oxygens (including phenoxy) is 1. The summed E-state index contributed by atoms with van der Waals surface area (Å²) in [6.07, 6.45) is -0.651. The zero-order valence-electron chi connectivity index (χ0n) is 18.8. The molecule has 7 nitrogen and oxygen atoms in total. The van der Waals surface area contributed by atoms with Crippen molar-refractivity contribution in [3.63, 3.8) is 0 Å². The van der Waals surface area contributed by atoms with E-state index in [1.807, 2.05) is 32.0 Å². The van der Waals surface area contributed by atoms with Crippen molar-refractivity contribution < 1.29 is 19.5 Å². The van der Waals surface area contributed by atoms with E-state index >= 15 is 0 Å². The molecule has 0 amide bonds. The van der Waals surface area contributed by atoms with E-state index in [1.165, 1.54) is 5.56 Å². The van der Waals surface area contributed by atoms with E-state index in [-0.39, 0.29) is 13.2 Å². The van der Waals surface area contributed by atoms with Crippen LogP contribution in [0.2, 0.25) is 0 Å². The lowest BCUT2D eigenvalue weighted by molar-refractivity contribution is 0.0620. The van der Waals surface area contributed by atoms with E-state index in [0.29, 0.717) is 17.5 Å². The lowest BCUT2D eigenvalue weighted by Gasteiger charge is -2.18. The van der Waals surface area contributed by atoms with Crippen molar-refractivity contribution in [3.8, 4) is 28.6 Å². The molecule has 0 radical (unpaired) electrons. The van der Waals surface area contributed by atoms with Gasteiger partial charge in [0.2, 0.25) is 5.82 Å². The molecule has 2 N–H and O–H groups in total. The Labute approximate surface area is 183 Å². The van der Waals surface area contributed by atoms with Crippen molar-refractivity contribution in [1.82, 2.24) is 15.0 Å². The number of hydrogen-bond acceptors (Lipinski definition) is 7. The molecule has 0 spiro atoms. The van der Waals surface area contributed by atoms with E-state index in [2.05, 4.69) is 48.1 Å². The van der Waals surface area contributed by atoms with Crippen LogP contribution in [0.15, 0.2) is 34.9 Å². The Kier molecular flexibility index (Phi) is 7.43. The van der Waals surface area contributed by atoms with Crippen molar-refractivity contribution in [3.05, 3.63) is 52.6 Å². The van der Waals surface area contributed by atoms with Gasteiger partial charge in [-0.25, -0.2) is 0 Å².